The predicted octanol–water partition coefficient (Wildman–Crippen LogP) is 7.00. The van der Waals surface area contributed by atoms with E-state index in [1.807, 2.05) is 80.6 Å². The maximum absolute atomic E-state index is 12.6. The van der Waals surface area contributed by atoms with Gasteiger partial charge in [0.1, 0.15) is 5.03 Å². The molecular weight excluding hydrogens is 452 g/mol. The van der Waals surface area contributed by atoms with Crippen molar-refractivity contribution in [2.24, 2.45) is 4.99 Å². The fourth-order valence-electron chi connectivity index (χ4n) is 3.55. The van der Waals surface area contributed by atoms with Crippen LogP contribution in [0.4, 0.5) is 0 Å². The average Bonchev–Trinajstić information content (AvgIpc) is 3.16. The summed E-state index contributed by atoms with van der Waals surface area (Å²) in [6.45, 7) is 4.03. The van der Waals surface area contributed by atoms with Gasteiger partial charge in [-0.1, -0.05) is 52.7 Å². The van der Waals surface area contributed by atoms with Gasteiger partial charge in [0.25, 0.3) is 0 Å². The normalized spacial score (nSPS) is 14.6. The number of benzene rings is 3. The van der Waals surface area contributed by atoms with Crippen molar-refractivity contribution in [3.05, 3.63) is 106 Å². The summed E-state index contributed by atoms with van der Waals surface area (Å²) in [5.41, 5.74) is 4.92. The number of nitrogens with zero attached hydrogens (tertiary/aromatic N) is 2. The lowest BCUT2D eigenvalue weighted by atomic mass is 10.1. The average molecular weight is 471 g/mol. The van der Waals surface area contributed by atoms with Crippen LogP contribution in [0.5, 0.6) is 0 Å². The van der Waals surface area contributed by atoms with Crippen LogP contribution in [0, 0.1) is 13.8 Å². The molecule has 4 nitrogen and oxygen atoms in total. The van der Waals surface area contributed by atoms with Gasteiger partial charge in [-0.05, 0) is 74.5 Å². The number of aliphatic imine (C=N–C) groups is 1. The van der Waals surface area contributed by atoms with Gasteiger partial charge >= 0.3 is 5.97 Å². The lowest BCUT2D eigenvalue weighted by Gasteiger charge is -2.09. The minimum absolute atomic E-state index is 0.248. The first-order valence-corrected chi connectivity index (χ1v) is 11.6. The number of aromatic nitrogens is 1. The Balaban J connectivity index is 1.60. The van der Waals surface area contributed by atoms with Gasteiger partial charge in [-0.2, -0.15) is 0 Å². The van der Waals surface area contributed by atoms with Crippen LogP contribution in [0.15, 0.2) is 93.4 Å². The zero-order chi connectivity index (χ0) is 22.9. The van der Waals surface area contributed by atoms with E-state index in [1.165, 1.54) is 11.8 Å². The van der Waals surface area contributed by atoms with Crippen molar-refractivity contribution < 1.29 is 9.53 Å². The van der Waals surface area contributed by atoms with Crippen LogP contribution in [0.2, 0.25) is 5.02 Å². The Morgan fingerprint density at radius 3 is 2.52 bits per heavy atom. The van der Waals surface area contributed by atoms with Gasteiger partial charge in [0.15, 0.2) is 5.70 Å². The second kappa shape index (κ2) is 8.85. The molecule has 0 atom stereocenters. The first-order chi connectivity index (χ1) is 15.9. The molecule has 6 heteroatoms. The molecule has 0 aliphatic carbocycles. The van der Waals surface area contributed by atoms with Gasteiger partial charge in [0, 0.05) is 26.4 Å². The molecule has 1 aromatic heterocycles. The smallest absolute Gasteiger partial charge is 0.363 e. The third-order valence-electron chi connectivity index (χ3n) is 5.17. The predicted molar refractivity (Wildman–Crippen MR) is 134 cm³/mol. The van der Waals surface area contributed by atoms with Crippen molar-refractivity contribution in [3.8, 4) is 0 Å². The summed E-state index contributed by atoms with van der Waals surface area (Å²) in [6, 6.07) is 23.5. The summed E-state index contributed by atoms with van der Waals surface area (Å²) >= 11 is 7.55. The fraction of sp³-hybridized carbons (Fsp3) is 0.0741. The molecule has 4 aromatic rings. The maximum atomic E-state index is 12.6. The number of esters is 1. The molecule has 0 spiro atoms. The number of pyridine rings is 1. The summed E-state index contributed by atoms with van der Waals surface area (Å²) in [5, 5.41) is 2.44. The van der Waals surface area contributed by atoms with Crippen LogP contribution in [0.25, 0.3) is 17.0 Å². The third kappa shape index (κ3) is 4.70. The summed E-state index contributed by atoms with van der Waals surface area (Å²) in [7, 11) is 0. The van der Waals surface area contributed by atoms with Crippen LogP contribution in [-0.2, 0) is 9.53 Å². The summed E-state index contributed by atoms with van der Waals surface area (Å²) in [4.78, 5) is 23.0. The minimum atomic E-state index is -0.474. The van der Waals surface area contributed by atoms with Crippen molar-refractivity contribution >= 4 is 52.2 Å². The van der Waals surface area contributed by atoms with Crippen molar-refractivity contribution in [1.29, 1.82) is 0 Å². The largest absolute Gasteiger partial charge is 0.402 e. The molecule has 3 aromatic carbocycles. The zero-order valence-electron chi connectivity index (χ0n) is 18.0. The Morgan fingerprint density at radius 2 is 1.73 bits per heavy atom. The van der Waals surface area contributed by atoms with Gasteiger partial charge in [0.2, 0.25) is 5.90 Å². The van der Waals surface area contributed by atoms with E-state index in [0.29, 0.717) is 10.9 Å². The number of rotatable bonds is 4. The van der Waals surface area contributed by atoms with Crippen molar-refractivity contribution in [2.75, 3.05) is 0 Å². The van der Waals surface area contributed by atoms with Gasteiger partial charge in [-0.3, -0.25) is 0 Å². The van der Waals surface area contributed by atoms with Gasteiger partial charge in [-0.15, -0.1) is 0 Å². The van der Waals surface area contributed by atoms with Crippen molar-refractivity contribution in [2.45, 2.75) is 23.8 Å². The van der Waals surface area contributed by atoms with Gasteiger partial charge in [0.05, 0.1) is 5.52 Å². The molecule has 0 fully saturated rings. The van der Waals surface area contributed by atoms with E-state index in [-0.39, 0.29) is 5.70 Å². The van der Waals surface area contributed by atoms with Gasteiger partial charge in [-0.25, -0.2) is 14.8 Å². The highest BCUT2D eigenvalue weighted by molar-refractivity contribution is 7.99. The number of cyclic esters (lactones) is 1. The van der Waals surface area contributed by atoms with Crippen LogP contribution in [-0.4, -0.2) is 16.9 Å². The highest BCUT2D eigenvalue weighted by atomic mass is 35.5. The molecule has 162 valence electrons. The number of aryl methyl sites for hydroxylation is 2. The molecule has 0 unspecified atom stereocenters. The lowest BCUT2D eigenvalue weighted by molar-refractivity contribution is -0.129. The Hall–Kier alpha value is -3.41. The molecule has 1 aliphatic heterocycles. The van der Waals surface area contributed by atoms with Crippen LogP contribution in [0.1, 0.15) is 22.3 Å². The Labute approximate surface area is 201 Å². The number of halogens is 1. The molecule has 0 amide bonds. The second-order valence-electron chi connectivity index (χ2n) is 7.84. The maximum Gasteiger partial charge on any atom is 0.363 e. The molecule has 1 aliphatic rings. The number of hydrogen-bond donors (Lipinski definition) is 0. The van der Waals surface area contributed by atoms with E-state index in [9.17, 15) is 4.79 Å². The first kappa shape index (κ1) is 21.4. The molecule has 0 radical (unpaired) electrons. The number of carbonyl (C=O) groups is 1. The van der Waals surface area contributed by atoms with E-state index >= 15 is 0 Å². The molecule has 0 N–H and O–H groups in total. The highest BCUT2D eigenvalue weighted by Crippen LogP contribution is 2.34. The summed E-state index contributed by atoms with van der Waals surface area (Å²) < 4.78 is 5.47. The SMILES string of the molecule is Cc1cccc(C2=N/C(=C/c3cc4cc(C)ccc4nc3Sc3ccc(Cl)cc3)C(=O)O2)c1. The number of fused-ring (bicyclic) bond motifs is 1. The quantitative estimate of drug-likeness (QED) is 0.238. The lowest BCUT2D eigenvalue weighted by Crippen LogP contribution is -2.05. The van der Waals surface area contributed by atoms with E-state index < -0.39 is 5.97 Å². The Morgan fingerprint density at radius 1 is 0.939 bits per heavy atom. The van der Waals surface area contributed by atoms with Crippen LogP contribution < -0.4 is 0 Å². The fourth-order valence-corrected chi connectivity index (χ4v) is 4.55. The molecule has 0 saturated carbocycles. The third-order valence-corrected chi connectivity index (χ3v) is 6.45. The zero-order valence-corrected chi connectivity index (χ0v) is 19.6. The highest BCUT2D eigenvalue weighted by Gasteiger charge is 2.25. The Bertz CT molecular complexity index is 1460. The topological polar surface area (TPSA) is 51.5 Å². The first-order valence-electron chi connectivity index (χ1n) is 10.4. The van der Waals surface area contributed by atoms with Crippen LogP contribution >= 0.6 is 23.4 Å². The number of hydrogen-bond acceptors (Lipinski definition) is 5. The van der Waals surface area contributed by atoms with Gasteiger partial charge < -0.3 is 4.74 Å². The molecule has 0 bridgehead atoms. The Kier molecular flexibility index (Phi) is 5.75. The minimum Gasteiger partial charge on any atom is -0.402 e. The number of carbonyl (C=O) groups excluding carboxylic acids is 1. The molecule has 0 saturated heterocycles. The molecule has 5 rings (SSSR count). The second-order valence-corrected chi connectivity index (χ2v) is 9.34. The number of ether oxygens (including phenoxy) is 1. The van der Waals surface area contributed by atoms with E-state index in [4.69, 9.17) is 21.3 Å². The van der Waals surface area contributed by atoms with Crippen molar-refractivity contribution in [1.82, 2.24) is 4.98 Å². The summed E-state index contributed by atoms with van der Waals surface area (Å²) in [6.07, 6.45) is 1.75. The standard InChI is InChI=1S/C27H19ClN2O2S/c1-16-4-3-5-18(12-16)25-29-24(27(31)32-25)15-20-14-19-13-17(2)6-11-23(19)30-26(20)33-22-9-7-21(28)8-10-22/h3-15H,1-2H3/b24-15+. The van der Waals surface area contributed by atoms with E-state index in [2.05, 4.69) is 11.1 Å². The molecular formula is C27H19ClN2O2S. The van der Waals surface area contributed by atoms with Crippen LogP contribution in [0.3, 0.4) is 0 Å². The van der Waals surface area contributed by atoms with Crippen molar-refractivity contribution in [3.63, 3.8) is 0 Å². The summed E-state index contributed by atoms with van der Waals surface area (Å²) in [5.74, 6) is -0.162. The molecule has 2 heterocycles. The monoisotopic (exact) mass is 470 g/mol. The molecule has 33 heavy (non-hydrogen) atoms. The van der Waals surface area contributed by atoms with E-state index in [1.54, 1.807) is 6.08 Å². The van der Waals surface area contributed by atoms with E-state index in [0.717, 1.165) is 43.1 Å².